The number of hydrogen-bond donors (Lipinski definition) is 1. The van der Waals surface area contributed by atoms with Crippen LogP contribution < -0.4 is 0 Å². The van der Waals surface area contributed by atoms with Gasteiger partial charge in [0, 0.05) is 17.8 Å². The van der Waals surface area contributed by atoms with Crippen molar-refractivity contribution in [1.82, 2.24) is 9.78 Å². The average Bonchev–Trinajstić information content (AvgIpc) is 2.77. The molecule has 18 heavy (non-hydrogen) atoms. The highest BCUT2D eigenvalue weighted by atomic mass is 16.4. The van der Waals surface area contributed by atoms with Gasteiger partial charge >= 0.3 is 5.97 Å². The molecule has 0 atom stereocenters. The summed E-state index contributed by atoms with van der Waals surface area (Å²) >= 11 is 0. The van der Waals surface area contributed by atoms with E-state index in [1.54, 1.807) is 18.3 Å². The Morgan fingerprint density at radius 3 is 2.61 bits per heavy atom. The van der Waals surface area contributed by atoms with Gasteiger partial charge < -0.3 is 5.11 Å². The van der Waals surface area contributed by atoms with Gasteiger partial charge in [-0.3, -0.25) is 4.68 Å². The summed E-state index contributed by atoms with van der Waals surface area (Å²) in [5.41, 5.74) is 3.29. The molecule has 4 heteroatoms. The predicted octanol–water partition coefficient (Wildman–Crippen LogP) is 3.14. The fourth-order valence-corrected chi connectivity index (χ4v) is 2.02. The summed E-state index contributed by atoms with van der Waals surface area (Å²) in [6.07, 6.45) is 1.76. The molecule has 0 amide bonds. The molecule has 1 aromatic heterocycles. The number of rotatable bonds is 3. The summed E-state index contributed by atoms with van der Waals surface area (Å²) in [4.78, 5) is 10.9. The molecule has 2 aromatic rings. The molecule has 1 aromatic carbocycles. The first-order valence-electron chi connectivity index (χ1n) is 5.88. The molecule has 0 radical (unpaired) electrons. The number of hydrogen-bond acceptors (Lipinski definition) is 2. The van der Waals surface area contributed by atoms with Gasteiger partial charge in [0.25, 0.3) is 0 Å². The fraction of sp³-hybridized carbons (Fsp3) is 0.286. The first-order chi connectivity index (χ1) is 8.50. The minimum absolute atomic E-state index is 0.272. The molecule has 1 heterocycles. The largest absolute Gasteiger partial charge is 0.478 e. The predicted molar refractivity (Wildman–Crippen MR) is 69.7 cm³/mol. The highest BCUT2D eigenvalue weighted by Crippen LogP contribution is 2.26. The van der Waals surface area contributed by atoms with Gasteiger partial charge in [0.05, 0.1) is 11.3 Å². The third-order valence-corrected chi connectivity index (χ3v) is 2.91. The number of carbonyl (C=O) groups is 1. The molecule has 0 unspecified atom stereocenters. The van der Waals surface area contributed by atoms with Gasteiger partial charge in [0.15, 0.2) is 0 Å². The summed E-state index contributed by atoms with van der Waals surface area (Å²) in [5, 5.41) is 13.2. The molecule has 0 aliphatic heterocycles. The lowest BCUT2D eigenvalue weighted by molar-refractivity contribution is 0.0697. The average molecular weight is 244 g/mol. The topological polar surface area (TPSA) is 55.1 Å². The minimum Gasteiger partial charge on any atom is -0.478 e. The maximum absolute atomic E-state index is 10.9. The first kappa shape index (κ1) is 12.4. The van der Waals surface area contributed by atoms with Gasteiger partial charge in [-0.1, -0.05) is 6.07 Å². The maximum atomic E-state index is 10.9. The van der Waals surface area contributed by atoms with E-state index in [1.165, 1.54) is 0 Å². The first-order valence-corrected chi connectivity index (χ1v) is 5.88. The number of carboxylic acids is 1. The van der Waals surface area contributed by atoms with E-state index in [9.17, 15) is 4.79 Å². The Kier molecular flexibility index (Phi) is 3.19. The lowest BCUT2D eigenvalue weighted by Gasteiger charge is -2.13. The van der Waals surface area contributed by atoms with Gasteiger partial charge in [0.2, 0.25) is 0 Å². The molecule has 0 bridgehead atoms. The second-order valence-corrected chi connectivity index (χ2v) is 4.59. The molecule has 1 N–H and O–H groups in total. The fourth-order valence-electron chi connectivity index (χ4n) is 2.02. The zero-order valence-electron chi connectivity index (χ0n) is 10.7. The molecule has 2 rings (SSSR count). The summed E-state index contributed by atoms with van der Waals surface area (Å²) in [6, 6.07) is 7.38. The van der Waals surface area contributed by atoms with Crippen molar-refractivity contribution in [3.63, 3.8) is 0 Å². The van der Waals surface area contributed by atoms with Gasteiger partial charge in [-0.05, 0) is 44.5 Å². The number of aromatic nitrogens is 2. The Morgan fingerprint density at radius 1 is 1.33 bits per heavy atom. The number of aromatic carboxylic acids is 1. The van der Waals surface area contributed by atoms with E-state index < -0.39 is 5.97 Å². The van der Waals surface area contributed by atoms with E-state index >= 15 is 0 Å². The normalized spacial score (nSPS) is 10.9. The van der Waals surface area contributed by atoms with Crippen LogP contribution in [0.4, 0.5) is 0 Å². The van der Waals surface area contributed by atoms with E-state index in [0.717, 1.165) is 16.8 Å². The molecule has 0 aliphatic carbocycles. The van der Waals surface area contributed by atoms with E-state index in [1.807, 2.05) is 23.7 Å². The van der Waals surface area contributed by atoms with E-state index in [4.69, 9.17) is 5.11 Å². The van der Waals surface area contributed by atoms with Crippen molar-refractivity contribution in [3.05, 3.63) is 41.6 Å². The highest BCUT2D eigenvalue weighted by Gasteiger charge is 2.12. The van der Waals surface area contributed by atoms with E-state index in [2.05, 4.69) is 18.9 Å². The lowest BCUT2D eigenvalue weighted by Crippen LogP contribution is -2.05. The Morgan fingerprint density at radius 2 is 2.06 bits per heavy atom. The van der Waals surface area contributed by atoms with Crippen LogP contribution in [0, 0.1) is 6.92 Å². The van der Waals surface area contributed by atoms with Gasteiger partial charge in [-0.25, -0.2) is 4.79 Å². The maximum Gasteiger partial charge on any atom is 0.335 e. The van der Waals surface area contributed by atoms with Crippen LogP contribution in [-0.4, -0.2) is 20.9 Å². The van der Waals surface area contributed by atoms with Crippen molar-refractivity contribution >= 4 is 5.97 Å². The SMILES string of the molecule is Cc1cc(C(=O)O)ccc1-c1ccnn1C(C)C. The van der Waals surface area contributed by atoms with Crippen LogP contribution >= 0.6 is 0 Å². The Balaban J connectivity index is 2.51. The van der Waals surface area contributed by atoms with Gasteiger partial charge in [-0.15, -0.1) is 0 Å². The molecule has 0 saturated carbocycles. The van der Waals surface area contributed by atoms with Crippen LogP contribution in [-0.2, 0) is 0 Å². The van der Waals surface area contributed by atoms with Crippen molar-refractivity contribution in [3.8, 4) is 11.3 Å². The number of nitrogens with zero attached hydrogens (tertiary/aromatic N) is 2. The third-order valence-electron chi connectivity index (χ3n) is 2.91. The lowest BCUT2D eigenvalue weighted by atomic mass is 10.0. The van der Waals surface area contributed by atoms with Crippen molar-refractivity contribution in [2.75, 3.05) is 0 Å². The quantitative estimate of drug-likeness (QED) is 0.902. The summed E-state index contributed by atoms with van der Waals surface area (Å²) in [6.45, 7) is 6.05. The Hall–Kier alpha value is -2.10. The second kappa shape index (κ2) is 4.64. The Labute approximate surface area is 106 Å². The monoisotopic (exact) mass is 244 g/mol. The molecule has 0 spiro atoms. The zero-order chi connectivity index (χ0) is 13.3. The zero-order valence-corrected chi connectivity index (χ0v) is 10.7. The van der Waals surface area contributed by atoms with Crippen LogP contribution in [0.5, 0.6) is 0 Å². The third kappa shape index (κ3) is 2.14. The van der Waals surface area contributed by atoms with Gasteiger partial charge in [-0.2, -0.15) is 5.10 Å². The smallest absolute Gasteiger partial charge is 0.335 e. The second-order valence-electron chi connectivity index (χ2n) is 4.59. The number of benzene rings is 1. The van der Waals surface area contributed by atoms with Crippen molar-refractivity contribution in [1.29, 1.82) is 0 Å². The van der Waals surface area contributed by atoms with Crippen LogP contribution in [0.1, 0.15) is 35.8 Å². The van der Waals surface area contributed by atoms with E-state index in [0.29, 0.717) is 5.56 Å². The van der Waals surface area contributed by atoms with Crippen LogP contribution in [0.15, 0.2) is 30.5 Å². The van der Waals surface area contributed by atoms with E-state index in [-0.39, 0.29) is 6.04 Å². The van der Waals surface area contributed by atoms with Crippen LogP contribution in [0.3, 0.4) is 0 Å². The molecule has 0 fully saturated rings. The molecular weight excluding hydrogens is 228 g/mol. The minimum atomic E-state index is -0.901. The summed E-state index contributed by atoms with van der Waals surface area (Å²) < 4.78 is 1.93. The van der Waals surface area contributed by atoms with Crippen LogP contribution in [0.2, 0.25) is 0 Å². The van der Waals surface area contributed by atoms with Gasteiger partial charge in [0.1, 0.15) is 0 Å². The molecule has 94 valence electrons. The highest BCUT2D eigenvalue weighted by molar-refractivity contribution is 5.88. The number of carboxylic acid groups (broad SMARTS) is 1. The van der Waals surface area contributed by atoms with Crippen molar-refractivity contribution < 1.29 is 9.90 Å². The summed E-state index contributed by atoms with van der Waals surface area (Å²) in [7, 11) is 0. The molecule has 0 aliphatic rings. The van der Waals surface area contributed by atoms with Crippen LogP contribution in [0.25, 0.3) is 11.3 Å². The van der Waals surface area contributed by atoms with Crippen molar-refractivity contribution in [2.45, 2.75) is 26.8 Å². The Bertz CT molecular complexity index is 585. The van der Waals surface area contributed by atoms with Crippen molar-refractivity contribution in [2.24, 2.45) is 0 Å². The molecular formula is C14H16N2O2. The summed E-state index contributed by atoms with van der Waals surface area (Å²) in [5.74, 6) is -0.901. The number of aryl methyl sites for hydroxylation is 1. The molecule has 0 saturated heterocycles. The molecule has 4 nitrogen and oxygen atoms in total. The standard InChI is InChI=1S/C14H16N2O2/c1-9(2)16-13(6-7-15-16)12-5-4-11(14(17)18)8-10(12)3/h4-9H,1-3H3,(H,17,18).